The van der Waals surface area contributed by atoms with Crippen molar-refractivity contribution in [3.8, 4) is 0 Å². The highest BCUT2D eigenvalue weighted by molar-refractivity contribution is 4.95. The van der Waals surface area contributed by atoms with Crippen LogP contribution in [0, 0.1) is 0 Å². The molecule has 0 aliphatic carbocycles. The standard InChI is InChI=1S/C9H17N3O/c1-6(2)8-11-9(13-12-8)7(3)4-5-10/h6-7H,4-5,10H2,1-3H3. The molecule has 13 heavy (non-hydrogen) atoms. The molecule has 1 aromatic heterocycles. The lowest BCUT2D eigenvalue weighted by Crippen LogP contribution is -2.04. The highest BCUT2D eigenvalue weighted by atomic mass is 16.5. The van der Waals surface area contributed by atoms with Crippen molar-refractivity contribution >= 4 is 0 Å². The first kappa shape index (κ1) is 10.2. The van der Waals surface area contributed by atoms with Gasteiger partial charge in [-0.3, -0.25) is 0 Å². The van der Waals surface area contributed by atoms with Gasteiger partial charge in [0.25, 0.3) is 0 Å². The molecule has 0 aliphatic heterocycles. The fourth-order valence-corrected chi connectivity index (χ4v) is 1.06. The van der Waals surface area contributed by atoms with E-state index in [1.165, 1.54) is 0 Å². The van der Waals surface area contributed by atoms with Gasteiger partial charge in [-0.05, 0) is 13.0 Å². The van der Waals surface area contributed by atoms with E-state index in [9.17, 15) is 0 Å². The first-order valence-electron chi connectivity index (χ1n) is 4.68. The number of hydrogen-bond acceptors (Lipinski definition) is 4. The first-order chi connectivity index (χ1) is 6.15. The highest BCUT2D eigenvalue weighted by Crippen LogP contribution is 2.18. The summed E-state index contributed by atoms with van der Waals surface area (Å²) in [7, 11) is 0. The highest BCUT2D eigenvalue weighted by Gasteiger charge is 2.14. The lowest BCUT2D eigenvalue weighted by molar-refractivity contribution is 0.349. The van der Waals surface area contributed by atoms with E-state index in [1.807, 2.05) is 20.8 Å². The van der Waals surface area contributed by atoms with Crippen LogP contribution in [-0.4, -0.2) is 16.7 Å². The van der Waals surface area contributed by atoms with Crippen LogP contribution < -0.4 is 5.73 Å². The lowest BCUT2D eigenvalue weighted by Gasteiger charge is -2.01. The van der Waals surface area contributed by atoms with Crippen LogP contribution in [-0.2, 0) is 0 Å². The van der Waals surface area contributed by atoms with Crippen molar-refractivity contribution in [1.82, 2.24) is 10.1 Å². The normalized spacial score (nSPS) is 13.6. The van der Waals surface area contributed by atoms with Gasteiger partial charge in [0.1, 0.15) is 0 Å². The second kappa shape index (κ2) is 4.37. The van der Waals surface area contributed by atoms with Crippen LogP contribution in [0.4, 0.5) is 0 Å². The van der Waals surface area contributed by atoms with Gasteiger partial charge in [-0.25, -0.2) is 0 Å². The van der Waals surface area contributed by atoms with Crippen LogP contribution in [0.2, 0.25) is 0 Å². The summed E-state index contributed by atoms with van der Waals surface area (Å²) in [5, 5.41) is 3.89. The van der Waals surface area contributed by atoms with Crippen LogP contribution in [0.15, 0.2) is 4.52 Å². The van der Waals surface area contributed by atoms with E-state index in [1.54, 1.807) is 0 Å². The molecular weight excluding hydrogens is 166 g/mol. The molecule has 1 atom stereocenters. The molecule has 0 saturated carbocycles. The van der Waals surface area contributed by atoms with E-state index in [-0.39, 0.29) is 5.92 Å². The van der Waals surface area contributed by atoms with Gasteiger partial charge in [-0.2, -0.15) is 4.98 Å². The minimum absolute atomic E-state index is 0.269. The number of rotatable bonds is 4. The quantitative estimate of drug-likeness (QED) is 0.770. The van der Waals surface area contributed by atoms with E-state index >= 15 is 0 Å². The number of nitrogens with zero attached hydrogens (tertiary/aromatic N) is 2. The van der Waals surface area contributed by atoms with E-state index in [4.69, 9.17) is 10.3 Å². The molecule has 0 saturated heterocycles. The fourth-order valence-electron chi connectivity index (χ4n) is 1.06. The van der Waals surface area contributed by atoms with Crippen molar-refractivity contribution in [2.24, 2.45) is 5.73 Å². The average molecular weight is 183 g/mol. The maximum atomic E-state index is 5.44. The predicted octanol–water partition coefficient (Wildman–Crippen LogP) is 1.65. The molecule has 0 spiro atoms. The van der Waals surface area contributed by atoms with Crippen molar-refractivity contribution in [2.75, 3.05) is 6.54 Å². The molecule has 74 valence electrons. The summed E-state index contributed by atoms with van der Waals surface area (Å²) in [6.07, 6.45) is 0.889. The summed E-state index contributed by atoms with van der Waals surface area (Å²) >= 11 is 0. The minimum Gasteiger partial charge on any atom is -0.339 e. The molecular formula is C9H17N3O. The topological polar surface area (TPSA) is 64.9 Å². The zero-order valence-corrected chi connectivity index (χ0v) is 8.45. The average Bonchev–Trinajstić information content (AvgIpc) is 2.52. The van der Waals surface area contributed by atoms with Gasteiger partial charge in [0, 0.05) is 11.8 Å². The SMILES string of the molecule is CC(C)c1noc(C(C)CCN)n1. The van der Waals surface area contributed by atoms with E-state index < -0.39 is 0 Å². The summed E-state index contributed by atoms with van der Waals surface area (Å²) in [5.74, 6) is 2.07. The van der Waals surface area contributed by atoms with Gasteiger partial charge >= 0.3 is 0 Å². The Morgan fingerprint density at radius 3 is 2.54 bits per heavy atom. The Hall–Kier alpha value is -0.900. The van der Waals surface area contributed by atoms with Crippen molar-refractivity contribution in [3.05, 3.63) is 11.7 Å². The molecule has 1 rings (SSSR count). The molecule has 2 N–H and O–H groups in total. The molecule has 4 nitrogen and oxygen atoms in total. The maximum Gasteiger partial charge on any atom is 0.229 e. The van der Waals surface area contributed by atoms with Gasteiger partial charge in [-0.15, -0.1) is 0 Å². The summed E-state index contributed by atoms with van der Waals surface area (Å²) in [5.41, 5.74) is 5.44. The van der Waals surface area contributed by atoms with Gasteiger partial charge in [0.2, 0.25) is 5.89 Å². The summed E-state index contributed by atoms with van der Waals surface area (Å²) in [4.78, 5) is 4.29. The maximum absolute atomic E-state index is 5.44. The second-order valence-electron chi connectivity index (χ2n) is 3.62. The Morgan fingerprint density at radius 1 is 1.38 bits per heavy atom. The predicted molar refractivity (Wildman–Crippen MR) is 50.5 cm³/mol. The zero-order valence-electron chi connectivity index (χ0n) is 8.45. The van der Waals surface area contributed by atoms with E-state index in [0.717, 1.165) is 12.2 Å². The third kappa shape index (κ3) is 2.52. The smallest absolute Gasteiger partial charge is 0.229 e. The van der Waals surface area contributed by atoms with Crippen molar-refractivity contribution in [1.29, 1.82) is 0 Å². The zero-order chi connectivity index (χ0) is 9.84. The van der Waals surface area contributed by atoms with Gasteiger partial charge in [0.05, 0.1) is 0 Å². The van der Waals surface area contributed by atoms with Crippen molar-refractivity contribution in [2.45, 2.75) is 39.0 Å². The molecule has 0 amide bonds. The van der Waals surface area contributed by atoms with Crippen molar-refractivity contribution < 1.29 is 4.52 Å². The summed E-state index contributed by atoms with van der Waals surface area (Å²) < 4.78 is 5.12. The molecule has 1 aromatic rings. The van der Waals surface area contributed by atoms with Crippen LogP contribution in [0.25, 0.3) is 0 Å². The molecule has 0 aliphatic rings. The van der Waals surface area contributed by atoms with Crippen molar-refractivity contribution in [3.63, 3.8) is 0 Å². The fraction of sp³-hybridized carbons (Fsp3) is 0.778. The Kier molecular flexibility index (Phi) is 3.42. The molecule has 0 fully saturated rings. The monoisotopic (exact) mass is 183 g/mol. The number of nitrogens with two attached hydrogens (primary N) is 1. The summed E-state index contributed by atoms with van der Waals surface area (Å²) in [6, 6.07) is 0. The second-order valence-corrected chi connectivity index (χ2v) is 3.62. The minimum atomic E-state index is 0.269. The van der Waals surface area contributed by atoms with E-state index in [2.05, 4.69) is 10.1 Å². The first-order valence-corrected chi connectivity index (χ1v) is 4.68. The van der Waals surface area contributed by atoms with Crippen LogP contribution in [0.5, 0.6) is 0 Å². The molecule has 4 heteroatoms. The Morgan fingerprint density at radius 2 is 2.08 bits per heavy atom. The van der Waals surface area contributed by atoms with Gasteiger partial charge < -0.3 is 10.3 Å². The van der Waals surface area contributed by atoms with Gasteiger partial charge in [0.15, 0.2) is 5.82 Å². The molecule has 0 aromatic carbocycles. The molecule has 0 bridgehead atoms. The Bertz CT molecular complexity index is 257. The van der Waals surface area contributed by atoms with E-state index in [0.29, 0.717) is 18.4 Å². The third-order valence-corrected chi connectivity index (χ3v) is 2.00. The number of aromatic nitrogens is 2. The Labute approximate surface area is 78.5 Å². The van der Waals surface area contributed by atoms with Crippen LogP contribution >= 0.6 is 0 Å². The third-order valence-electron chi connectivity index (χ3n) is 2.00. The molecule has 1 heterocycles. The molecule has 0 radical (unpaired) electrons. The van der Waals surface area contributed by atoms with Crippen LogP contribution in [0.3, 0.4) is 0 Å². The number of hydrogen-bond donors (Lipinski definition) is 1. The summed E-state index contributed by atoms with van der Waals surface area (Å²) in [6.45, 7) is 6.79. The lowest BCUT2D eigenvalue weighted by atomic mass is 10.1. The van der Waals surface area contributed by atoms with Crippen LogP contribution in [0.1, 0.15) is 50.7 Å². The largest absolute Gasteiger partial charge is 0.339 e. The Balaban J connectivity index is 2.67. The van der Waals surface area contributed by atoms with Gasteiger partial charge in [-0.1, -0.05) is 25.9 Å². The molecule has 1 unspecified atom stereocenters.